The van der Waals surface area contributed by atoms with Crippen LogP contribution in [0, 0.1) is 0 Å². The minimum atomic E-state index is -0.284. The van der Waals surface area contributed by atoms with Gasteiger partial charge in [0.2, 0.25) is 0 Å². The van der Waals surface area contributed by atoms with Gasteiger partial charge >= 0.3 is 0 Å². The highest BCUT2D eigenvalue weighted by Gasteiger charge is 2.09. The molecule has 2 N–H and O–H groups in total. The molecule has 0 aliphatic carbocycles. The minimum Gasteiger partial charge on any atom is -0.492 e. The van der Waals surface area contributed by atoms with E-state index in [1.54, 1.807) is 42.6 Å². The number of rotatable bonds is 6. The number of nitrogens with zero attached hydrogens (tertiary/aromatic N) is 1. The van der Waals surface area contributed by atoms with Gasteiger partial charge in [0.05, 0.1) is 24.2 Å². The first kappa shape index (κ1) is 17.8. The average molecular weight is 368 g/mol. The predicted octanol–water partition coefficient (Wildman–Crippen LogP) is 5.13. The van der Waals surface area contributed by atoms with Crippen molar-refractivity contribution in [2.45, 2.75) is 6.92 Å². The number of hydrogen-bond donors (Lipinski definition) is 2. The molecule has 1 amide bonds. The molecular formula is C20H18ClN3O2. The summed E-state index contributed by atoms with van der Waals surface area (Å²) in [5.74, 6) is 0.480. The summed E-state index contributed by atoms with van der Waals surface area (Å²) >= 11 is 5.84. The summed E-state index contributed by atoms with van der Waals surface area (Å²) in [5.41, 5.74) is 2.59. The van der Waals surface area contributed by atoms with Crippen LogP contribution < -0.4 is 15.4 Å². The molecule has 0 fully saturated rings. The van der Waals surface area contributed by atoms with E-state index in [-0.39, 0.29) is 5.91 Å². The Morgan fingerprint density at radius 2 is 1.77 bits per heavy atom. The highest BCUT2D eigenvalue weighted by molar-refractivity contribution is 6.30. The monoisotopic (exact) mass is 367 g/mol. The van der Waals surface area contributed by atoms with E-state index in [2.05, 4.69) is 15.6 Å². The number of para-hydroxylation sites is 2. The topological polar surface area (TPSA) is 63.2 Å². The Balaban J connectivity index is 1.68. The number of anilines is 3. The maximum absolute atomic E-state index is 12.3. The fourth-order valence-electron chi connectivity index (χ4n) is 2.34. The van der Waals surface area contributed by atoms with Crippen molar-refractivity contribution in [2.24, 2.45) is 0 Å². The van der Waals surface area contributed by atoms with E-state index < -0.39 is 0 Å². The Kier molecular flexibility index (Phi) is 5.71. The molecule has 0 aliphatic rings. The number of amides is 1. The van der Waals surface area contributed by atoms with Crippen LogP contribution in [0.2, 0.25) is 5.02 Å². The Hall–Kier alpha value is -3.05. The van der Waals surface area contributed by atoms with Crippen molar-refractivity contribution >= 4 is 34.6 Å². The molecule has 0 atom stereocenters. The Morgan fingerprint density at radius 1 is 1.04 bits per heavy atom. The van der Waals surface area contributed by atoms with Crippen LogP contribution in [-0.4, -0.2) is 17.5 Å². The van der Waals surface area contributed by atoms with Crippen molar-refractivity contribution in [2.75, 3.05) is 17.2 Å². The molecule has 0 unspecified atom stereocenters. The Morgan fingerprint density at radius 3 is 2.46 bits per heavy atom. The molecule has 3 aromatic rings. The molecule has 0 saturated carbocycles. The van der Waals surface area contributed by atoms with Gasteiger partial charge in [0, 0.05) is 10.7 Å². The second-order valence-corrected chi connectivity index (χ2v) is 5.88. The highest BCUT2D eigenvalue weighted by atomic mass is 35.5. The van der Waals surface area contributed by atoms with Crippen molar-refractivity contribution in [3.05, 3.63) is 77.6 Å². The van der Waals surface area contributed by atoms with Gasteiger partial charge in [-0.25, -0.2) is 4.98 Å². The summed E-state index contributed by atoms with van der Waals surface area (Å²) in [4.78, 5) is 16.5. The van der Waals surface area contributed by atoms with Crippen molar-refractivity contribution < 1.29 is 9.53 Å². The van der Waals surface area contributed by atoms with Crippen LogP contribution in [0.15, 0.2) is 66.9 Å². The Bertz CT molecular complexity index is 880. The molecule has 1 heterocycles. The zero-order valence-electron chi connectivity index (χ0n) is 14.2. The van der Waals surface area contributed by atoms with Crippen LogP contribution >= 0.6 is 11.6 Å². The number of aromatic nitrogens is 1. The quantitative estimate of drug-likeness (QED) is 0.634. The molecule has 26 heavy (non-hydrogen) atoms. The molecule has 2 aromatic carbocycles. The summed E-state index contributed by atoms with van der Waals surface area (Å²) in [6.07, 6.45) is 1.61. The second-order valence-electron chi connectivity index (χ2n) is 5.45. The normalized spacial score (nSPS) is 10.2. The van der Waals surface area contributed by atoms with Gasteiger partial charge in [-0.15, -0.1) is 0 Å². The molecule has 0 aliphatic heterocycles. The van der Waals surface area contributed by atoms with E-state index in [9.17, 15) is 4.79 Å². The molecule has 3 rings (SSSR count). The van der Waals surface area contributed by atoms with Crippen LogP contribution in [0.4, 0.5) is 17.1 Å². The fourth-order valence-corrected chi connectivity index (χ4v) is 2.46. The van der Waals surface area contributed by atoms with E-state index in [1.807, 2.05) is 31.2 Å². The highest BCUT2D eigenvalue weighted by Crippen LogP contribution is 2.27. The van der Waals surface area contributed by atoms with E-state index >= 15 is 0 Å². The molecule has 6 heteroatoms. The van der Waals surface area contributed by atoms with Gasteiger partial charge in [0.25, 0.3) is 5.91 Å². The van der Waals surface area contributed by atoms with Crippen molar-refractivity contribution in [3.63, 3.8) is 0 Å². The lowest BCUT2D eigenvalue weighted by molar-refractivity contribution is 0.102. The zero-order valence-corrected chi connectivity index (χ0v) is 15.0. The summed E-state index contributed by atoms with van der Waals surface area (Å²) in [5, 5.41) is 6.64. The van der Waals surface area contributed by atoms with Gasteiger partial charge in [0.1, 0.15) is 11.4 Å². The van der Waals surface area contributed by atoms with Crippen LogP contribution in [0.25, 0.3) is 0 Å². The number of ether oxygens (including phenoxy) is 1. The molecule has 132 valence electrons. The largest absolute Gasteiger partial charge is 0.492 e. The summed E-state index contributed by atoms with van der Waals surface area (Å²) in [6.45, 7) is 2.52. The zero-order chi connectivity index (χ0) is 18.4. The third kappa shape index (κ3) is 4.52. The molecule has 0 spiro atoms. The number of halogens is 1. The number of benzene rings is 2. The number of pyridine rings is 1. The molecule has 0 bridgehead atoms. The average Bonchev–Trinajstić information content (AvgIpc) is 2.66. The van der Waals surface area contributed by atoms with E-state index in [4.69, 9.17) is 16.3 Å². The number of carbonyl (C=O) groups is 1. The van der Waals surface area contributed by atoms with E-state index in [0.29, 0.717) is 23.0 Å². The van der Waals surface area contributed by atoms with Crippen LogP contribution in [0.1, 0.15) is 17.4 Å². The second kappa shape index (κ2) is 8.36. The lowest BCUT2D eigenvalue weighted by atomic mass is 10.2. The van der Waals surface area contributed by atoms with Crippen molar-refractivity contribution in [1.82, 2.24) is 4.98 Å². The first-order valence-electron chi connectivity index (χ1n) is 8.17. The minimum absolute atomic E-state index is 0.284. The number of hydrogen-bond acceptors (Lipinski definition) is 4. The first-order valence-corrected chi connectivity index (χ1v) is 8.55. The molecule has 1 aromatic heterocycles. The predicted molar refractivity (Wildman–Crippen MR) is 105 cm³/mol. The summed E-state index contributed by atoms with van der Waals surface area (Å²) in [7, 11) is 0. The molecule has 5 nitrogen and oxygen atoms in total. The van der Waals surface area contributed by atoms with Gasteiger partial charge in [-0.3, -0.25) is 4.79 Å². The molecular weight excluding hydrogens is 350 g/mol. The van der Waals surface area contributed by atoms with Gasteiger partial charge in [-0.2, -0.15) is 0 Å². The smallest absolute Gasteiger partial charge is 0.274 e. The SMILES string of the molecule is CCOc1ccccc1Nc1ccc(C(=O)Nc2ccc(Cl)cc2)nc1. The fraction of sp³-hybridized carbons (Fsp3) is 0.100. The molecule has 0 radical (unpaired) electrons. The van der Waals surface area contributed by atoms with Crippen molar-refractivity contribution in [1.29, 1.82) is 0 Å². The Labute approximate surface area is 157 Å². The van der Waals surface area contributed by atoms with Crippen LogP contribution in [0.5, 0.6) is 5.75 Å². The van der Waals surface area contributed by atoms with Gasteiger partial charge in [0.15, 0.2) is 0 Å². The van der Waals surface area contributed by atoms with E-state index in [1.165, 1.54) is 0 Å². The maximum atomic E-state index is 12.3. The first-order chi connectivity index (χ1) is 12.7. The van der Waals surface area contributed by atoms with Crippen LogP contribution in [-0.2, 0) is 0 Å². The van der Waals surface area contributed by atoms with E-state index in [0.717, 1.165) is 17.1 Å². The number of nitrogens with one attached hydrogen (secondary N) is 2. The summed E-state index contributed by atoms with van der Waals surface area (Å²) in [6, 6.07) is 18.0. The lowest BCUT2D eigenvalue weighted by Gasteiger charge is -2.12. The number of carbonyl (C=O) groups excluding carboxylic acids is 1. The lowest BCUT2D eigenvalue weighted by Crippen LogP contribution is -2.13. The van der Waals surface area contributed by atoms with Gasteiger partial charge in [-0.05, 0) is 55.5 Å². The van der Waals surface area contributed by atoms with Crippen LogP contribution in [0.3, 0.4) is 0 Å². The van der Waals surface area contributed by atoms with Gasteiger partial charge in [-0.1, -0.05) is 23.7 Å². The third-order valence-corrected chi connectivity index (χ3v) is 3.82. The summed E-state index contributed by atoms with van der Waals surface area (Å²) < 4.78 is 5.59. The van der Waals surface area contributed by atoms with Gasteiger partial charge < -0.3 is 15.4 Å². The molecule has 0 saturated heterocycles. The maximum Gasteiger partial charge on any atom is 0.274 e. The standard InChI is InChI=1S/C20H18ClN3O2/c1-2-26-19-6-4-3-5-17(19)23-16-11-12-18(22-13-16)20(25)24-15-9-7-14(21)8-10-15/h3-13,23H,2H2,1H3,(H,24,25). The third-order valence-electron chi connectivity index (χ3n) is 3.56. The van der Waals surface area contributed by atoms with Crippen molar-refractivity contribution in [3.8, 4) is 5.75 Å².